The maximum absolute atomic E-state index is 3.73. The quantitative estimate of drug-likeness (QED) is 0.167. The number of fused-ring (bicyclic) bond motifs is 2. The van der Waals surface area contributed by atoms with Crippen LogP contribution in [0.5, 0.6) is 0 Å². The molecule has 9 rings (SSSR count). The zero-order valence-corrected chi connectivity index (χ0v) is 28.1. The SMILES string of the molecule is C1=CNC(c2ccccc2)C(c2cc(-c3ccc4c(-c5ccccc5)c5ccccc5c(-c5ccccc5)c4c3)ccc2Nc2ccccc2)=C1. The lowest BCUT2D eigenvalue weighted by atomic mass is 9.84. The van der Waals surface area contributed by atoms with Gasteiger partial charge in [-0.25, -0.2) is 0 Å². The summed E-state index contributed by atoms with van der Waals surface area (Å²) in [6.07, 6.45) is 6.39. The van der Waals surface area contributed by atoms with Crippen molar-refractivity contribution < 1.29 is 0 Å². The Balaban J connectivity index is 1.27. The van der Waals surface area contributed by atoms with Gasteiger partial charge >= 0.3 is 0 Å². The highest BCUT2D eigenvalue weighted by atomic mass is 14.9. The fraction of sp³-hybridized carbons (Fsp3) is 0.0204. The van der Waals surface area contributed by atoms with Crippen molar-refractivity contribution in [2.75, 3.05) is 5.32 Å². The molecule has 0 saturated heterocycles. The molecule has 0 aliphatic carbocycles. The average Bonchev–Trinajstić information content (AvgIpc) is 3.21. The fourth-order valence-corrected chi connectivity index (χ4v) is 7.59. The highest BCUT2D eigenvalue weighted by molar-refractivity contribution is 6.22. The van der Waals surface area contributed by atoms with Gasteiger partial charge in [0.2, 0.25) is 0 Å². The van der Waals surface area contributed by atoms with Crippen molar-refractivity contribution in [1.29, 1.82) is 0 Å². The Kier molecular flexibility index (Phi) is 7.96. The second kappa shape index (κ2) is 13.3. The molecule has 0 bridgehead atoms. The molecule has 2 N–H and O–H groups in total. The fourth-order valence-electron chi connectivity index (χ4n) is 7.59. The molecule has 8 aromatic rings. The summed E-state index contributed by atoms with van der Waals surface area (Å²) in [5, 5.41) is 12.4. The molecule has 0 spiro atoms. The number of hydrogen-bond acceptors (Lipinski definition) is 2. The number of benzene rings is 8. The Bertz CT molecular complexity index is 2550. The predicted octanol–water partition coefficient (Wildman–Crippen LogP) is 13.0. The number of allylic oxidation sites excluding steroid dienone is 2. The van der Waals surface area contributed by atoms with E-state index in [1.807, 2.05) is 6.20 Å². The van der Waals surface area contributed by atoms with Crippen molar-refractivity contribution in [2.24, 2.45) is 0 Å². The van der Waals surface area contributed by atoms with E-state index in [2.05, 4.69) is 205 Å². The lowest BCUT2D eigenvalue weighted by molar-refractivity contribution is 0.765. The summed E-state index contributed by atoms with van der Waals surface area (Å²) in [4.78, 5) is 0. The number of nitrogens with one attached hydrogen (secondary N) is 2. The molecule has 1 unspecified atom stereocenters. The van der Waals surface area contributed by atoms with Gasteiger partial charge in [-0.3, -0.25) is 0 Å². The first-order chi connectivity index (χ1) is 25.3. The maximum atomic E-state index is 3.73. The first-order valence-electron chi connectivity index (χ1n) is 17.6. The van der Waals surface area contributed by atoms with Crippen molar-refractivity contribution >= 4 is 38.5 Å². The minimum Gasteiger partial charge on any atom is -0.380 e. The molecule has 1 atom stereocenters. The standard InChI is InChI=1S/C49H36N2/c1-5-16-34(17-6-1)47-40-24-13-14-25-41(40)48(35-18-7-2-8-19-35)45-33-37(27-29-42(45)47)38-28-30-46(51-39-22-11-4-12-23-39)44(32-38)43-26-15-31-50-49(43)36-20-9-3-10-21-36/h1-33,49-51H. The first-order valence-corrected chi connectivity index (χ1v) is 17.6. The molecule has 51 heavy (non-hydrogen) atoms. The van der Waals surface area contributed by atoms with Gasteiger partial charge in [-0.05, 0) is 109 Å². The second-order valence-electron chi connectivity index (χ2n) is 13.0. The number of para-hydroxylation sites is 1. The molecule has 1 aliphatic rings. The number of dihydropyridines is 1. The van der Waals surface area contributed by atoms with Crippen LogP contribution in [0.4, 0.5) is 11.4 Å². The van der Waals surface area contributed by atoms with Gasteiger partial charge in [0.05, 0.1) is 6.04 Å². The van der Waals surface area contributed by atoms with Gasteiger partial charge < -0.3 is 10.6 Å². The van der Waals surface area contributed by atoms with Crippen molar-refractivity contribution in [3.63, 3.8) is 0 Å². The van der Waals surface area contributed by atoms with E-state index in [-0.39, 0.29) is 6.04 Å². The van der Waals surface area contributed by atoms with E-state index >= 15 is 0 Å². The van der Waals surface area contributed by atoms with Crippen LogP contribution in [0.15, 0.2) is 200 Å². The van der Waals surface area contributed by atoms with Crippen LogP contribution in [0, 0.1) is 0 Å². The van der Waals surface area contributed by atoms with Crippen LogP contribution in [0.25, 0.3) is 60.5 Å². The average molecular weight is 653 g/mol. The highest BCUT2D eigenvalue weighted by Crippen LogP contribution is 2.45. The Morgan fingerprint density at radius 1 is 0.431 bits per heavy atom. The van der Waals surface area contributed by atoms with E-state index in [9.17, 15) is 0 Å². The first kappa shape index (κ1) is 30.4. The molecule has 2 nitrogen and oxygen atoms in total. The molecule has 2 heteroatoms. The normalized spacial score (nSPS) is 13.9. The van der Waals surface area contributed by atoms with Crippen molar-refractivity contribution in [2.45, 2.75) is 6.04 Å². The second-order valence-corrected chi connectivity index (χ2v) is 13.0. The van der Waals surface area contributed by atoms with Crippen LogP contribution >= 0.6 is 0 Å². The van der Waals surface area contributed by atoms with Crippen molar-refractivity contribution in [3.05, 3.63) is 211 Å². The summed E-state index contributed by atoms with van der Waals surface area (Å²) in [7, 11) is 0. The van der Waals surface area contributed by atoms with Gasteiger partial charge in [0.1, 0.15) is 0 Å². The van der Waals surface area contributed by atoms with Gasteiger partial charge in [-0.15, -0.1) is 0 Å². The van der Waals surface area contributed by atoms with Crippen LogP contribution in [-0.4, -0.2) is 0 Å². The Morgan fingerprint density at radius 2 is 0.961 bits per heavy atom. The molecule has 0 aromatic heterocycles. The Labute approximate surface area is 299 Å². The molecule has 0 radical (unpaired) electrons. The minimum atomic E-state index is 0.0175. The van der Waals surface area contributed by atoms with Crippen LogP contribution in [0.3, 0.4) is 0 Å². The van der Waals surface area contributed by atoms with Crippen LogP contribution in [0.1, 0.15) is 17.2 Å². The minimum absolute atomic E-state index is 0.0175. The highest BCUT2D eigenvalue weighted by Gasteiger charge is 2.23. The van der Waals surface area contributed by atoms with E-state index in [0.717, 1.165) is 16.9 Å². The van der Waals surface area contributed by atoms with Crippen LogP contribution < -0.4 is 10.6 Å². The summed E-state index contributed by atoms with van der Waals surface area (Å²) < 4.78 is 0. The predicted molar refractivity (Wildman–Crippen MR) is 217 cm³/mol. The van der Waals surface area contributed by atoms with Gasteiger partial charge in [0.15, 0.2) is 0 Å². The van der Waals surface area contributed by atoms with E-state index < -0.39 is 0 Å². The summed E-state index contributed by atoms with van der Waals surface area (Å²) >= 11 is 0. The monoisotopic (exact) mass is 652 g/mol. The molecule has 0 saturated carbocycles. The number of hydrogen-bond donors (Lipinski definition) is 2. The molecule has 242 valence electrons. The van der Waals surface area contributed by atoms with E-state index in [0.29, 0.717) is 0 Å². The van der Waals surface area contributed by atoms with Gasteiger partial charge in [0, 0.05) is 16.9 Å². The number of anilines is 2. The third-order valence-corrected chi connectivity index (χ3v) is 9.94. The summed E-state index contributed by atoms with van der Waals surface area (Å²) in [6.45, 7) is 0. The molecule has 1 heterocycles. The van der Waals surface area contributed by atoms with Gasteiger partial charge in [-0.2, -0.15) is 0 Å². The summed E-state index contributed by atoms with van der Waals surface area (Å²) in [5.74, 6) is 0. The zero-order valence-electron chi connectivity index (χ0n) is 28.1. The summed E-state index contributed by atoms with van der Waals surface area (Å²) in [6, 6.07) is 65.5. The third kappa shape index (κ3) is 5.77. The van der Waals surface area contributed by atoms with Crippen LogP contribution in [0.2, 0.25) is 0 Å². The lowest BCUT2D eigenvalue weighted by Crippen LogP contribution is -2.20. The van der Waals surface area contributed by atoms with Crippen LogP contribution in [-0.2, 0) is 0 Å². The molecule has 8 aromatic carbocycles. The van der Waals surface area contributed by atoms with E-state index in [1.165, 1.54) is 66.1 Å². The van der Waals surface area contributed by atoms with E-state index in [4.69, 9.17) is 0 Å². The number of rotatable bonds is 7. The van der Waals surface area contributed by atoms with Crippen molar-refractivity contribution in [3.8, 4) is 33.4 Å². The maximum Gasteiger partial charge on any atom is 0.0769 e. The molecule has 0 amide bonds. The molecular formula is C49H36N2. The topological polar surface area (TPSA) is 24.1 Å². The largest absolute Gasteiger partial charge is 0.380 e. The Hall–Kier alpha value is -6.64. The molecule has 0 fully saturated rings. The third-order valence-electron chi connectivity index (χ3n) is 9.94. The smallest absolute Gasteiger partial charge is 0.0769 e. The van der Waals surface area contributed by atoms with Gasteiger partial charge in [-0.1, -0.05) is 158 Å². The Morgan fingerprint density at radius 3 is 1.63 bits per heavy atom. The van der Waals surface area contributed by atoms with E-state index in [1.54, 1.807) is 0 Å². The zero-order chi connectivity index (χ0) is 34.0. The lowest BCUT2D eigenvalue weighted by Gasteiger charge is -2.27. The molecule has 1 aliphatic heterocycles. The summed E-state index contributed by atoms with van der Waals surface area (Å²) in [5.41, 5.74) is 13.0. The van der Waals surface area contributed by atoms with Gasteiger partial charge in [0.25, 0.3) is 0 Å². The van der Waals surface area contributed by atoms with Crippen molar-refractivity contribution in [1.82, 2.24) is 5.32 Å². The molecular weight excluding hydrogens is 617 g/mol.